The van der Waals surface area contributed by atoms with Crippen molar-refractivity contribution in [2.24, 2.45) is 4.99 Å². The third-order valence-corrected chi connectivity index (χ3v) is 0.934. The summed E-state index contributed by atoms with van der Waals surface area (Å²) in [5, 5.41) is 0. The lowest BCUT2D eigenvalue weighted by Gasteiger charge is -1.63. The van der Waals surface area contributed by atoms with Crippen molar-refractivity contribution in [3.63, 3.8) is 0 Å². The molecule has 1 aliphatic heterocycles. The van der Waals surface area contributed by atoms with E-state index < -0.39 is 0 Å². The normalized spacial score (nSPS) is 33.2. The van der Waals surface area contributed by atoms with E-state index in [0.29, 0.717) is 6.04 Å². The minimum atomic E-state index is 0.593. The number of aliphatic imine (C=N–C) groups is 1. The van der Waals surface area contributed by atoms with E-state index in [-0.39, 0.29) is 0 Å². The first-order valence-electron chi connectivity index (χ1n) is 1.85. The number of rotatable bonds is 0. The molecule has 0 fully saturated rings. The highest BCUT2D eigenvalue weighted by Crippen LogP contribution is 2.07. The number of nitrogens with zero attached hydrogens (tertiary/aromatic N) is 1. The van der Waals surface area contributed by atoms with Crippen LogP contribution in [0.25, 0.3) is 0 Å². The molecule has 1 heterocycles. The third kappa shape index (κ3) is 0.318. The Hall–Kier alpha value is -0.330. The fourth-order valence-corrected chi connectivity index (χ4v) is 0.268. The van der Waals surface area contributed by atoms with Crippen molar-refractivity contribution in [2.75, 3.05) is 0 Å². The van der Waals surface area contributed by atoms with Gasteiger partial charge in [-0.25, -0.2) is 0 Å². The molecule has 0 spiro atoms. The van der Waals surface area contributed by atoms with E-state index in [0.717, 1.165) is 0 Å². The molecular weight excluding hydrogens is 62.1 g/mol. The quantitative estimate of drug-likeness (QED) is 0.400. The summed E-state index contributed by atoms with van der Waals surface area (Å²) >= 11 is 0. The van der Waals surface area contributed by atoms with Crippen LogP contribution in [0.15, 0.2) is 4.99 Å². The molecule has 0 saturated heterocycles. The van der Waals surface area contributed by atoms with Crippen molar-refractivity contribution in [3.8, 4) is 0 Å². The second kappa shape index (κ2) is 0.588. The Morgan fingerprint density at radius 3 is 2.00 bits per heavy atom. The maximum Gasteiger partial charge on any atom is 0.0845 e. The summed E-state index contributed by atoms with van der Waals surface area (Å²) in [5.41, 5.74) is 1.30. The number of hydrogen-bond donors (Lipinski definition) is 0. The van der Waals surface area contributed by atoms with Crippen LogP contribution in [-0.4, -0.2) is 11.8 Å². The second-order valence-corrected chi connectivity index (χ2v) is 1.45. The minimum absolute atomic E-state index is 0.593. The molecule has 1 nitrogen and oxygen atoms in total. The molecule has 28 valence electrons. The van der Waals surface area contributed by atoms with Gasteiger partial charge < -0.3 is 0 Å². The van der Waals surface area contributed by atoms with Gasteiger partial charge in [-0.2, -0.15) is 0 Å². The molecule has 1 heteroatoms. The van der Waals surface area contributed by atoms with Gasteiger partial charge in [-0.1, -0.05) is 0 Å². The molecule has 5 heavy (non-hydrogen) atoms. The molecular formula is C4H7N. The van der Waals surface area contributed by atoms with Crippen molar-refractivity contribution < 1.29 is 0 Å². The molecule has 0 aliphatic carbocycles. The van der Waals surface area contributed by atoms with Crippen LogP contribution in [0.5, 0.6) is 0 Å². The molecule has 1 rings (SSSR count). The summed E-state index contributed by atoms with van der Waals surface area (Å²) < 4.78 is 0. The van der Waals surface area contributed by atoms with E-state index in [1.54, 1.807) is 0 Å². The van der Waals surface area contributed by atoms with E-state index in [2.05, 4.69) is 11.9 Å². The minimum Gasteiger partial charge on any atom is -0.283 e. The van der Waals surface area contributed by atoms with E-state index in [9.17, 15) is 0 Å². The molecule has 1 aliphatic rings. The first-order valence-corrected chi connectivity index (χ1v) is 1.85. The molecule has 0 radical (unpaired) electrons. The monoisotopic (exact) mass is 69.1 g/mol. The summed E-state index contributed by atoms with van der Waals surface area (Å²) in [6, 6.07) is 0.593. The Morgan fingerprint density at radius 2 is 2.00 bits per heavy atom. The van der Waals surface area contributed by atoms with Crippen molar-refractivity contribution in [1.82, 2.24) is 0 Å². The van der Waals surface area contributed by atoms with Gasteiger partial charge in [0.1, 0.15) is 0 Å². The zero-order valence-electron chi connectivity index (χ0n) is 3.52. The van der Waals surface area contributed by atoms with Crippen LogP contribution < -0.4 is 0 Å². The summed E-state index contributed by atoms with van der Waals surface area (Å²) in [5.74, 6) is 0. The van der Waals surface area contributed by atoms with Crippen molar-refractivity contribution in [3.05, 3.63) is 0 Å². The zero-order valence-corrected chi connectivity index (χ0v) is 3.52. The van der Waals surface area contributed by atoms with Crippen molar-refractivity contribution in [1.29, 1.82) is 0 Å². The predicted octanol–water partition coefficient (Wildman–Crippen LogP) is 0.849. The van der Waals surface area contributed by atoms with E-state index in [4.69, 9.17) is 0 Å². The highest BCUT2D eigenvalue weighted by molar-refractivity contribution is 5.97. The molecule has 0 aromatic rings. The highest BCUT2D eigenvalue weighted by Gasteiger charge is 2.13. The van der Waals surface area contributed by atoms with Gasteiger partial charge in [0.05, 0.1) is 6.04 Å². The van der Waals surface area contributed by atoms with Crippen LogP contribution in [0.1, 0.15) is 13.8 Å². The fourth-order valence-electron chi connectivity index (χ4n) is 0.268. The third-order valence-electron chi connectivity index (χ3n) is 0.934. The summed E-state index contributed by atoms with van der Waals surface area (Å²) in [7, 11) is 0. The molecule has 0 aromatic heterocycles. The van der Waals surface area contributed by atoms with Crippen molar-refractivity contribution >= 4 is 5.71 Å². The first kappa shape index (κ1) is 2.88. The van der Waals surface area contributed by atoms with Crippen LogP contribution in [0.3, 0.4) is 0 Å². The van der Waals surface area contributed by atoms with Gasteiger partial charge in [0, 0.05) is 5.71 Å². The topological polar surface area (TPSA) is 12.4 Å². The van der Waals surface area contributed by atoms with Gasteiger partial charge in [-0.05, 0) is 13.8 Å². The highest BCUT2D eigenvalue weighted by atomic mass is 14.9. The lowest BCUT2D eigenvalue weighted by atomic mass is 10.4. The second-order valence-electron chi connectivity index (χ2n) is 1.45. The molecule has 0 aromatic carbocycles. The Labute approximate surface area is 31.7 Å². The van der Waals surface area contributed by atoms with Crippen LogP contribution in [-0.2, 0) is 0 Å². The summed E-state index contributed by atoms with van der Waals surface area (Å²) in [6.07, 6.45) is 0. The van der Waals surface area contributed by atoms with Crippen molar-refractivity contribution in [2.45, 2.75) is 19.9 Å². The Bertz CT molecular complexity index is 73.7. The van der Waals surface area contributed by atoms with Gasteiger partial charge in [-0.15, -0.1) is 0 Å². The van der Waals surface area contributed by atoms with E-state index in [1.807, 2.05) is 6.92 Å². The van der Waals surface area contributed by atoms with Crippen LogP contribution in [0, 0.1) is 0 Å². The van der Waals surface area contributed by atoms with Crippen LogP contribution >= 0.6 is 0 Å². The Morgan fingerprint density at radius 1 is 1.80 bits per heavy atom. The van der Waals surface area contributed by atoms with E-state index in [1.165, 1.54) is 5.71 Å². The summed E-state index contributed by atoms with van der Waals surface area (Å²) in [6.45, 7) is 4.14. The molecule has 0 bridgehead atoms. The van der Waals surface area contributed by atoms with Gasteiger partial charge in [0.15, 0.2) is 0 Å². The van der Waals surface area contributed by atoms with Gasteiger partial charge in [0.25, 0.3) is 0 Å². The lowest BCUT2D eigenvalue weighted by molar-refractivity contribution is 1.14. The average molecular weight is 69.1 g/mol. The maximum atomic E-state index is 3.97. The maximum absolute atomic E-state index is 3.97. The lowest BCUT2D eigenvalue weighted by Crippen LogP contribution is -1.79. The average Bonchev–Trinajstić information content (AvgIpc) is 1.79. The van der Waals surface area contributed by atoms with Crippen LogP contribution in [0.4, 0.5) is 0 Å². The van der Waals surface area contributed by atoms with E-state index >= 15 is 0 Å². The molecule has 0 N–H and O–H groups in total. The standard InChI is InChI=1S/C4H7N/c1-3-4(2)5-3/h3H,1-2H3/t3-/m1/s1. The molecule has 0 unspecified atom stereocenters. The Kier molecular flexibility index (Phi) is 0.339. The van der Waals surface area contributed by atoms with Crippen LogP contribution in [0.2, 0.25) is 0 Å². The van der Waals surface area contributed by atoms with Gasteiger partial charge in [-0.3, -0.25) is 4.99 Å². The molecule has 0 saturated carbocycles. The predicted molar refractivity (Wildman–Crippen MR) is 22.6 cm³/mol. The van der Waals surface area contributed by atoms with Gasteiger partial charge in [0.2, 0.25) is 0 Å². The first-order chi connectivity index (χ1) is 2.30. The number of hydrogen-bond acceptors (Lipinski definition) is 1. The van der Waals surface area contributed by atoms with Gasteiger partial charge >= 0.3 is 0 Å². The zero-order chi connectivity index (χ0) is 3.86. The SMILES string of the molecule is CC1=N[C@@H]1C. The molecule has 1 atom stereocenters. The smallest absolute Gasteiger partial charge is 0.0845 e. The largest absolute Gasteiger partial charge is 0.283 e. The summed E-state index contributed by atoms with van der Waals surface area (Å²) in [4.78, 5) is 3.97. The fraction of sp³-hybridized carbons (Fsp3) is 0.750. The molecule has 0 amide bonds. The Balaban J connectivity index is 2.38.